The Kier molecular flexibility index (Phi) is 7.35. The Morgan fingerprint density at radius 1 is 1.11 bits per heavy atom. The zero-order valence-corrected chi connectivity index (χ0v) is 21.9. The molecule has 0 saturated heterocycles. The quantitative estimate of drug-likeness (QED) is 0.382. The molecule has 2 amide bonds. The van der Waals surface area contributed by atoms with Crippen molar-refractivity contribution in [3.8, 4) is 11.6 Å². The van der Waals surface area contributed by atoms with Crippen LogP contribution < -0.4 is 5.32 Å². The number of amides is 2. The van der Waals surface area contributed by atoms with Gasteiger partial charge in [0.1, 0.15) is 18.3 Å². The van der Waals surface area contributed by atoms with Crippen LogP contribution >= 0.6 is 11.3 Å². The van der Waals surface area contributed by atoms with Crippen LogP contribution in [0.25, 0.3) is 11.6 Å². The van der Waals surface area contributed by atoms with E-state index in [-0.39, 0.29) is 24.9 Å². The molecule has 9 nitrogen and oxygen atoms in total. The first-order valence-corrected chi connectivity index (χ1v) is 12.5. The molecule has 0 radical (unpaired) electrons. The molecular formula is C26H30N6O3S. The topological polar surface area (TPSA) is 106 Å². The average Bonchev–Trinajstić information content (AvgIpc) is 3.56. The summed E-state index contributed by atoms with van der Waals surface area (Å²) in [5.74, 6) is 0.933. The van der Waals surface area contributed by atoms with Crippen LogP contribution in [-0.4, -0.2) is 42.5 Å². The van der Waals surface area contributed by atoms with E-state index in [1.807, 2.05) is 82.5 Å². The van der Waals surface area contributed by atoms with Gasteiger partial charge < -0.3 is 14.6 Å². The summed E-state index contributed by atoms with van der Waals surface area (Å²) in [5, 5.41) is 17.4. The van der Waals surface area contributed by atoms with E-state index in [0.29, 0.717) is 11.6 Å². The van der Waals surface area contributed by atoms with E-state index in [0.717, 1.165) is 21.8 Å². The van der Waals surface area contributed by atoms with E-state index in [4.69, 9.17) is 4.42 Å². The predicted molar refractivity (Wildman–Crippen MR) is 137 cm³/mol. The number of thiophene rings is 1. The average molecular weight is 507 g/mol. The molecule has 10 heteroatoms. The minimum atomic E-state index is -0.838. The molecule has 0 fully saturated rings. The van der Waals surface area contributed by atoms with Crippen LogP contribution in [0, 0.1) is 13.8 Å². The van der Waals surface area contributed by atoms with Crippen molar-refractivity contribution in [3.63, 3.8) is 0 Å². The van der Waals surface area contributed by atoms with Gasteiger partial charge >= 0.3 is 0 Å². The lowest BCUT2D eigenvalue weighted by atomic mass is 10.0. The van der Waals surface area contributed by atoms with Crippen molar-refractivity contribution in [2.75, 3.05) is 0 Å². The molecule has 0 aliphatic rings. The van der Waals surface area contributed by atoms with Gasteiger partial charge in [-0.25, -0.2) is 0 Å². The predicted octanol–water partition coefficient (Wildman–Crippen LogP) is 4.30. The maximum absolute atomic E-state index is 13.7. The lowest BCUT2D eigenvalue weighted by Crippen LogP contribution is -2.49. The largest absolute Gasteiger partial charge is 0.458 e. The highest BCUT2D eigenvalue weighted by Crippen LogP contribution is 2.27. The minimum absolute atomic E-state index is 0.177. The van der Waals surface area contributed by atoms with Crippen molar-refractivity contribution in [1.82, 2.24) is 30.4 Å². The number of furan rings is 1. The molecular weight excluding hydrogens is 476 g/mol. The maximum Gasteiger partial charge on any atom is 0.247 e. The maximum atomic E-state index is 13.7. The van der Waals surface area contributed by atoms with E-state index >= 15 is 0 Å². The van der Waals surface area contributed by atoms with Crippen molar-refractivity contribution in [2.45, 2.75) is 59.3 Å². The normalized spacial score (nSPS) is 12.4. The number of nitrogens with one attached hydrogen (secondary N) is 1. The molecule has 1 atom stereocenters. The van der Waals surface area contributed by atoms with Crippen molar-refractivity contribution >= 4 is 23.2 Å². The molecule has 0 unspecified atom stereocenters. The Labute approximate surface area is 214 Å². The first kappa shape index (κ1) is 25.3. The molecule has 0 saturated carbocycles. The second-order valence-corrected chi connectivity index (χ2v) is 10.7. The van der Waals surface area contributed by atoms with Gasteiger partial charge in [-0.1, -0.05) is 35.9 Å². The molecule has 4 rings (SSSR count). The Hall–Kier alpha value is -3.79. The van der Waals surface area contributed by atoms with Crippen LogP contribution in [0.5, 0.6) is 0 Å². The summed E-state index contributed by atoms with van der Waals surface area (Å²) in [6.45, 7) is 9.65. The van der Waals surface area contributed by atoms with Crippen LogP contribution in [0.1, 0.15) is 48.6 Å². The number of nitrogens with zero attached hydrogens (tertiary/aromatic N) is 5. The van der Waals surface area contributed by atoms with Gasteiger partial charge in [0.25, 0.3) is 0 Å². The van der Waals surface area contributed by atoms with Gasteiger partial charge in [0.2, 0.25) is 17.6 Å². The highest BCUT2D eigenvalue weighted by atomic mass is 32.1. The third kappa shape index (κ3) is 6.25. The molecule has 3 aromatic heterocycles. The molecule has 188 valence electrons. The molecule has 0 spiro atoms. The minimum Gasteiger partial charge on any atom is -0.458 e. The van der Waals surface area contributed by atoms with Gasteiger partial charge in [-0.3, -0.25) is 9.59 Å². The standard InChI is InChI=1S/C26H30N6O3S/c1-17-8-11-19(12-9-17)23(25(34)27-26(3,4)5)31(15-20-7-6-14-36-20)22(33)16-32-29-24(28-30-32)21-13-10-18(2)35-21/h6-14,23H,15-16H2,1-5H3,(H,27,34)/t23-/m1/s1. The molecule has 0 bridgehead atoms. The number of carbonyl (C=O) groups excluding carboxylic acids is 2. The van der Waals surface area contributed by atoms with Crippen molar-refractivity contribution < 1.29 is 14.0 Å². The third-order valence-corrected chi connectivity index (χ3v) is 6.23. The fourth-order valence-corrected chi connectivity index (χ4v) is 4.43. The van der Waals surface area contributed by atoms with E-state index in [2.05, 4.69) is 20.7 Å². The number of aryl methyl sites for hydroxylation is 2. The Bertz CT molecular complexity index is 1320. The molecule has 0 aliphatic carbocycles. The number of hydrogen-bond donors (Lipinski definition) is 1. The Morgan fingerprint density at radius 2 is 1.86 bits per heavy atom. The van der Waals surface area contributed by atoms with E-state index in [1.54, 1.807) is 11.0 Å². The summed E-state index contributed by atoms with van der Waals surface area (Å²) in [7, 11) is 0. The second-order valence-electron chi connectivity index (χ2n) is 9.71. The van der Waals surface area contributed by atoms with E-state index < -0.39 is 11.6 Å². The molecule has 3 heterocycles. The van der Waals surface area contributed by atoms with Crippen LogP contribution in [0.15, 0.2) is 58.3 Å². The van der Waals surface area contributed by atoms with Crippen LogP contribution in [0.4, 0.5) is 0 Å². The number of tetrazole rings is 1. The summed E-state index contributed by atoms with van der Waals surface area (Å²) in [6, 6.07) is 14.3. The lowest BCUT2D eigenvalue weighted by molar-refractivity contribution is -0.143. The summed E-state index contributed by atoms with van der Waals surface area (Å²) in [6.07, 6.45) is 0. The highest BCUT2D eigenvalue weighted by molar-refractivity contribution is 7.09. The van der Waals surface area contributed by atoms with Gasteiger partial charge in [0, 0.05) is 10.4 Å². The van der Waals surface area contributed by atoms with Crippen LogP contribution in [0.3, 0.4) is 0 Å². The monoisotopic (exact) mass is 506 g/mol. The Morgan fingerprint density at radius 3 is 2.47 bits per heavy atom. The van der Waals surface area contributed by atoms with Crippen molar-refractivity contribution in [3.05, 3.63) is 75.7 Å². The van der Waals surface area contributed by atoms with Gasteiger partial charge in [-0.15, -0.1) is 21.5 Å². The SMILES string of the molecule is Cc1ccc([C@H](C(=O)NC(C)(C)C)N(Cc2cccs2)C(=O)Cn2nnc(-c3ccc(C)o3)n2)cc1. The van der Waals surface area contributed by atoms with Gasteiger partial charge in [0.15, 0.2) is 5.76 Å². The smallest absolute Gasteiger partial charge is 0.247 e. The summed E-state index contributed by atoms with van der Waals surface area (Å²) >= 11 is 1.53. The molecule has 1 N–H and O–H groups in total. The van der Waals surface area contributed by atoms with Gasteiger partial charge in [0.05, 0.1) is 6.54 Å². The van der Waals surface area contributed by atoms with E-state index in [9.17, 15) is 9.59 Å². The summed E-state index contributed by atoms with van der Waals surface area (Å²) in [4.78, 5) is 31.1. The summed E-state index contributed by atoms with van der Waals surface area (Å²) < 4.78 is 5.56. The third-order valence-electron chi connectivity index (χ3n) is 5.37. The second kappa shape index (κ2) is 10.4. The first-order valence-electron chi connectivity index (χ1n) is 11.6. The summed E-state index contributed by atoms with van der Waals surface area (Å²) in [5.41, 5.74) is 1.32. The lowest BCUT2D eigenvalue weighted by Gasteiger charge is -2.33. The highest BCUT2D eigenvalue weighted by Gasteiger charge is 2.34. The van der Waals surface area contributed by atoms with Gasteiger partial charge in [-0.05, 0) is 69.0 Å². The van der Waals surface area contributed by atoms with Crippen molar-refractivity contribution in [1.29, 1.82) is 0 Å². The number of hydrogen-bond acceptors (Lipinski definition) is 7. The zero-order chi connectivity index (χ0) is 25.9. The first-order chi connectivity index (χ1) is 17.1. The van der Waals surface area contributed by atoms with Crippen molar-refractivity contribution in [2.24, 2.45) is 0 Å². The Balaban J connectivity index is 1.67. The molecule has 0 aliphatic heterocycles. The fourth-order valence-electron chi connectivity index (χ4n) is 3.73. The molecule has 36 heavy (non-hydrogen) atoms. The molecule has 1 aromatic carbocycles. The number of aromatic nitrogens is 4. The zero-order valence-electron chi connectivity index (χ0n) is 21.1. The fraction of sp³-hybridized carbons (Fsp3) is 0.346. The van der Waals surface area contributed by atoms with Crippen LogP contribution in [0.2, 0.25) is 0 Å². The molecule has 4 aromatic rings. The van der Waals surface area contributed by atoms with Gasteiger partial charge in [-0.2, -0.15) is 4.80 Å². The number of rotatable bonds is 8. The van der Waals surface area contributed by atoms with E-state index in [1.165, 1.54) is 16.1 Å². The number of benzene rings is 1. The van der Waals surface area contributed by atoms with Crippen LogP contribution in [-0.2, 0) is 22.7 Å². The number of carbonyl (C=O) groups is 2.